The van der Waals surface area contributed by atoms with E-state index in [4.69, 9.17) is 6.42 Å². The van der Waals surface area contributed by atoms with Crippen molar-refractivity contribution >= 4 is 16.8 Å². The van der Waals surface area contributed by atoms with E-state index in [-0.39, 0.29) is 5.91 Å². The molecule has 1 amide bonds. The number of para-hydroxylation sites is 1. The summed E-state index contributed by atoms with van der Waals surface area (Å²) in [5.41, 5.74) is 1.42. The second-order valence-corrected chi connectivity index (χ2v) is 4.05. The lowest BCUT2D eigenvalue weighted by molar-refractivity contribution is 0.0949. The highest BCUT2D eigenvalue weighted by Crippen LogP contribution is 2.17. The first kappa shape index (κ1) is 12.2. The monoisotopic (exact) mass is 241 g/mol. The van der Waals surface area contributed by atoms with Crippen molar-refractivity contribution in [3.05, 3.63) is 30.0 Å². The van der Waals surface area contributed by atoms with E-state index in [1.54, 1.807) is 4.68 Å². The molecule has 1 heterocycles. The van der Waals surface area contributed by atoms with Gasteiger partial charge in [0.2, 0.25) is 0 Å². The maximum Gasteiger partial charge on any atom is 0.272 e. The number of fused-ring (bicyclic) bond motifs is 1. The van der Waals surface area contributed by atoms with E-state index < -0.39 is 0 Å². The Balaban J connectivity index is 2.16. The average molecular weight is 241 g/mol. The summed E-state index contributed by atoms with van der Waals surface area (Å²) in [6, 6.07) is 7.67. The molecule has 1 N–H and O–H groups in total. The lowest BCUT2D eigenvalue weighted by atomic mass is 10.2. The van der Waals surface area contributed by atoms with Crippen molar-refractivity contribution in [3.8, 4) is 12.3 Å². The molecule has 0 aliphatic carbocycles. The van der Waals surface area contributed by atoms with Crippen LogP contribution in [0.4, 0.5) is 0 Å². The van der Waals surface area contributed by atoms with Crippen LogP contribution >= 0.6 is 0 Å². The van der Waals surface area contributed by atoms with Crippen molar-refractivity contribution in [2.45, 2.75) is 12.8 Å². The van der Waals surface area contributed by atoms with Crippen molar-refractivity contribution in [2.75, 3.05) is 6.54 Å². The number of carbonyl (C=O) groups is 1. The Hall–Kier alpha value is -2.28. The van der Waals surface area contributed by atoms with Crippen LogP contribution in [0, 0.1) is 12.3 Å². The smallest absolute Gasteiger partial charge is 0.272 e. The Morgan fingerprint density at radius 3 is 3.06 bits per heavy atom. The SMILES string of the molecule is C#CCCCNC(=O)c1nn(C)c2ccccc12. The summed E-state index contributed by atoms with van der Waals surface area (Å²) in [6.45, 7) is 0.577. The molecule has 0 atom stereocenters. The van der Waals surface area contributed by atoms with Gasteiger partial charge in [-0.1, -0.05) is 18.2 Å². The molecule has 4 heteroatoms. The molecule has 4 nitrogen and oxygen atoms in total. The normalized spacial score (nSPS) is 10.2. The Labute approximate surface area is 106 Å². The molecule has 1 aromatic heterocycles. The second kappa shape index (κ2) is 5.37. The van der Waals surface area contributed by atoms with E-state index in [0.717, 1.165) is 17.3 Å². The van der Waals surface area contributed by atoms with E-state index in [1.807, 2.05) is 31.3 Å². The number of aromatic nitrogens is 2. The minimum Gasteiger partial charge on any atom is -0.351 e. The predicted octanol–water partition coefficient (Wildman–Crippen LogP) is 1.72. The van der Waals surface area contributed by atoms with Crippen LogP contribution < -0.4 is 5.32 Å². The summed E-state index contributed by atoms with van der Waals surface area (Å²) in [6.07, 6.45) is 6.61. The molecule has 0 aliphatic rings. The van der Waals surface area contributed by atoms with Gasteiger partial charge in [0.05, 0.1) is 5.52 Å². The van der Waals surface area contributed by atoms with E-state index >= 15 is 0 Å². The number of amides is 1. The molecule has 1 aromatic carbocycles. The summed E-state index contributed by atoms with van der Waals surface area (Å²) in [4.78, 5) is 12.0. The minimum atomic E-state index is -0.149. The van der Waals surface area contributed by atoms with Crippen molar-refractivity contribution < 1.29 is 4.79 Å². The largest absolute Gasteiger partial charge is 0.351 e. The fraction of sp³-hybridized carbons (Fsp3) is 0.286. The quantitative estimate of drug-likeness (QED) is 0.654. The zero-order valence-corrected chi connectivity index (χ0v) is 10.3. The van der Waals surface area contributed by atoms with Gasteiger partial charge in [0.25, 0.3) is 5.91 Å². The molecule has 18 heavy (non-hydrogen) atoms. The molecule has 0 fully saturated rings. The van der Waals surface area contributed by atoms with Gasteiger partial charge in [-0.3, -0.25) is 9.48 Å². The van der Waals surface area contributed by atoms with Crippen LogP contribution in [0.5, 0.6) is 0 Å². The third-order valence-electron chi connectivity index (χ3n) is 2.76. The highest BCUT2D eigenvalue weighted by atomic mass is 16.1. The summed E-state index contributed by atoms with van der Waals surface area (Å²) < 4.78 is 1.71. The van der Waals surface area contributed by atoms with Gasteiger partial charge in [-0.15, -0.1) is 12.3 Å². The number of benzene rings is 1. The van der Waals surface area contributed by atoms with Crippen molar-refractivity contribution in [1.82, 2.24) is 15.1 Å². The van der Waals surface area contributed by atoms with E-state index in [2.05, 4.69) is 16.3 Å². The number of hydrogen-bond acceptors (Lipinski definition) is 2. The lowest BCUT2D eigenvalue weighted by Gasteiger charge is -2.01. The Morgan fingerprint density at radius 1 is 1.50 bits per heavy atom. The fourth-order valence-corrected chi connectivity index (χ4v) is 1.86. The van der Waals surface area contributed by atoms with Gasteiger partial charge in [0, 0.05) is 25.4 Å². The fourth-order valence-electron chi connectivity index (χ4n) is 1.86. The van der Waals surface area contributed by atoms with Crippen LogP contribution in [0.3, 0.4) is 0 Å². The number of rotatable bonds is 4. The number of terminal acetylenes is 1. The van der Waals surface area contributed by atoms with Gasteiger partial charge in [-0.05, 0) is 12.5 Å². The zero-order valence-electron chi connectivity index (χ0n) is 10.3. The Morgan fingerprint density at radius 2 is 2.28 bits per heavy atom. The number of nitrogens with zero attached hydrogens (tertiary/aromatic N) is 2. The molecule has 0 spiro atoms. The van der Waals surface area contributed by atoms with Gasteiger partial charge < -0.3 is 5.32 Å². The van der Waals surface area contributed by atoms with Gasteiger partial charge in [0.15, 0.2) is 5.69 Å². The minimum absolute atomic E-state index is 0.149. The third kappa shape index (κ3) is 2.35. The van der Waals surface area contributed by atoms with Gasteiger partial charge >= 0.3 is 0 Å². The van der Waals surface area contributed by atoms with Crippen LogP contribution in [0.2, 0.25) is 0 Å². The van der Waals surface area contributed by atoms with Crippen LogP contribution in [0.15, 0.2) is 24.3 Å². The van der Waals surface area contributed by atoms with Gasteiger partial charge in [-0.25, -0.2) is 0 Å². The summed E-state index contributed by atoms with van der Waals surface area (Å²) in [5.74, 6) is 2.39. The summed E-state index contributed by atoms with van der Waals surface area (Å²) in [7, 11) is 1.83. The van der Waals surface area contributed by atoms with Crippen molar-refractivity contribution in [1.29, 1.82) is 0 Å². The topological polar surface area (TPSA) is 46.9 Å². The highest BCUT2D eigenvalue weighted by molar-refractivity contribution is 6.04. The molecule has 0 radical (unpaired) electrons. The number of carbonyl (C=O) groups excluding carboxylic acids is 1. The van der Waals surface area contributed by atoms with Crippen LogP contribution in [-0.2, 0) is 7.05 Å². The maximum atomic E-state index is 12.0. The molecule has 0 saturated carbocycles. The van der Waals surface area contributed by atoms with E-state index in [0.29, 0.717) is 18.7 Å². The average Bonchev–Trinajstić information content (AvgIpc) is 2.73. The third-order valence-corrected chi connectivity index (χ3v) is 2.76. The molecule has 0 saturated heterocycles. The first-order valence-electron chi connectivity index (χ1n) is 5.87. The predicted molar refractivity (Wildman–Crippen MR) is 71.1 cm³/mol. The van der Waals surface area contributed by atoms with Gasteiger partial charge in [-0.2, -0.15) is 5.10 Å². The van der Waals surface area contributed by atoms with Crippen LogP contribution in [-0.4, -0.2) is 22.2 Å². The second-order valence-electron chi connectivity index (χ2n) is 4.05. The number of aryl methyl sites for hydroxylation is 1. The lowest BCUT2D eigenvalue weighted by Crippen LogP contribution is -2.25. The molecule has 0 unspecified atom stereocenters. The highest BCUT2D eigenvalue weighted by Gasteiger charge is 2.14. The van der Waals surface area contributed by atoms with Crippen LogP contribution in [0.1, 0.15) is 23.3 Å². The molecule has 0 aliphatic heterocycles. The zero-order chi connectivity index (χ0) is 13.0. The first-order chi connectivity index (χ1) is 8.74. The van der Waals surface area contributed by atoms with E-state index in [9.17, 15) is 4.79 Å². The molecule has 2 rings (SSSR count). The molecule has 0 bridgehead atoms. The Kier molecular flexibility index (Phi) is 3.63. The Bertz CT molecular complexity index is 607. The van der Waals surface area contributed by atoms with E-state index in [1.165, 1.54) is 0 Å². The number of unbranched alkanes of at least 4 members (excludes halogenated alkanes) is 1. The van der Waals surface area contributed by atoms with Gasteiger partial charge in [0.1, 0.15) is 0 Å². The van der Waals surface area contributed by atoms with Crippen molar-refractivity contribution in [2.24, 2.45) is 7.05 Å². The summed E-state index contributed by atoms with van der Waals surface area (Å²) in [5, 5.41) is 7.95. The standard InChI is InChI=1S/C14H15N3O/c1-3-4-7-10-15-14(18)13-11-8-5-6-9-12(11)17(2)16-13/h1,5-6,8-9H,4,7,10H2,2H3,(H,15,18). The van der Waals surface area contributed by atoms with Crippen LogP contribution in [0.25, 0.3) is 10.9 Å². The first-order valence-corrected chi connectivity index (χ1v) is 5.87. The molecular formula is C14H15N3O. The molecular weight excluding hydrogens is 226 g/mol. The molecule has 2 aromatic rings. The number of hydrogen-bond donors (Lipinski definition) is 1. The number of nitrogens with one attached hydrogen (secondary N) is 1. The maximum absolute atomic E-state index is 12.0. The van der Waals surface area contributed by atoms with Crippen molar-refractivity contribution in [3.63, 3.8) is 0 Å². The molecule has 92 valence electrons. The summed E-state index contributed by atoms with van der Waals surface area (Å²) >= 11 is 0.